The van der Waals surface area contributed by atoms with Gasteiger partial charge in [0.1, 0.15) is 0 Å². The zero-order valence-electron chi connectivity index (χ0n) is 18.8. The predicted molar refractivity (Wildman–Crippen MR) is 133 cm³/mol. The first-order valence-electron chi connectivity index (χ1n) is 10.3. The maximum atomic E-state index is 13.1. The Morgan fingerprint density at radius 2 is 0.789 bits per heavy atom. The van der Waals surface area contributed by atoms with E-state index in [2.05, 4.69) is 0 Å². The van der Waals surface area contributed by atoms with E-state index in [1.165, 1.54) is 48.5 Å². The summed E-state index contributed by atoms with van der Waals surface area (Å²) in [7, 11) is 0. The third-order valence-electron chi connectivity index (χ3n) is 5.64. The molecule has 0 heterocycles. The highest BCUT2D eigenvalue weighted by Gasteiger charge is 2.29. The highest BCUT2D eigenvalue weighted by Crippen LogP contribution is 2.30. The Morgan fingerprint density at radius 1 is 0.447 bits per heavy atom. The van der Waals surface area contributed by atoms with Gasteiger partial charge in [0.05, 0.1) is 33.4 Å². The number of halogens is 1. The molecule has 0 unspecified atom stereocenters. The van der Waals surface area contributed by atoms with Crippen molar-refractivity contribution in [1.82, 2.24) is 0 Å². The number of ether oxygens (including phenoxy) is 1. The van der Waals surface area contributed by atoms with Crippen molar-refractivity contribution in [3.8, 4) is 0 Å². The summed E-state index contributed by atoms with van der Waals surface area (Å²) in [6, 6.07) is 11.9. The standard InChI is InChI=1S/C26H14O11.ClH/c27-21(28)15-5-1-3-13-11(15)7-9-17(23(31)32)19(13)25(35)37-26(36)20-14-4-2-6-16(22(29)30)12(14)8-10-18(20)24(33)34;/h1-10H,(H,27,28)(H,29,30)(H,31,32)(H,33,34);1H. The van der Waals surface area contributed by atoms with E-state index in [1.807, 2.05) is 0 Å². The molecule has 4 N–H and O–H groups in total. The molecule has 0 aliphatic rings. The van der Waals surface area contributed by atoms with Gasteiger partial charge in [-0.05, 0) is 45.8 Å². The molecule has 0 amide bonds. The lowest BCUT2D eigenvalue weighted by atomic mass is 9.95. The zero-order chi connectivity index (χ0) is 27.0. The molecule has 0 radical (unpaired) electrons. The molecule has 0 aliphatic heterocycles. The van der Waals surface area contributed by atoms with Crippen LogP contribution >= 0.6 is 12.4 Å². The van der Waals surface area contributed by atoms with E-state index < -0.39 is 58.1 Å². The van der Waals surface area contributed by atoms with E-state index in [0.29, 0.717) is 0 Å². The molecule has 0 saturated carbocycles. The van der Waals surface area contributed by atoms with Crippen LogP contribution in [-0.2, 0) is 4.74 Å². The largest absolute Gasteiger partial charge is 0.478 e. The molecule has 192 valence electrons. The van der Waals surface area contributed by atoms with Crippen molar-refractivity contribution in [2.75, 3.05) is 0 Å². The van der Waals surface area contributed by atoms with Gasteiger partial charge in [0.2, 0.25) is 0 Å². The normalized spacial score (nSPS) is 10.4. The molecule has 0 atom stereocenters. The van der Waals surface area contributed by atoms with Gasteiger partial charge >= 0.3 is 35.8 Å². The number of carbonyl (C=O) groups excluding carboxylic acids is 2. The van der Waals surface area contributed by atoms with Gasteiger partial charge in [0, 0.05) is 0 Å². The molecular weight excluding hydrogens is 524 g/mol. The molecule has 0 aromatic heterocycles. The lowest BCUT2D eigenvalue weighted by Gasteiger charge is -2.13. The minimum absolute atomic E-state index is 0. The van der Waals surface area contributed by atoms with Crippen molar-refractivity contribution in [2.24, 2.45) is 0 Å². The molecule has 0 bridgehead atoms. The number of rotatable bonds is 6. The summed E-state index contributed by atoms with van der Waals surface area (Å²) in [5.74, 6) is -8.77. The number of hydrogen-bond acceptors (Lipinski definition) is 7. The van der Waals surface area contributed by atoms with Gasteiger partial charge in [0.25, 0.3) is 0 Å². The van der Waals surface area contributed by atoms with E-state index in [4.69, 9.17) is 4.74 Å². The second-order valence-corrected chi connectivity index (χ2v) is 7.68. The maximum Gasteiger partial charge on any atom is 0.347 e. The first-order valence-corrected chi connectivity index (χ1v) is 10.3. The fraction of sp³-hybridized carbons (Fsp3) is 0. The van der Waals surface area contributed by atoms with Gasteiger partial charge in [-0.25, -0.2) is 28.8 Å². The minimum Gasteiger partial charge on any atom is -0.478 e. The Bertz CT molecular complexity index is 1580. The van der Waals surface area contributed by atoms with Crippen molar-refractivity contribution in [2.45, 2.75) is 0 Å². The van der Waals surface area contributed by atoms with Crippen LogP contribution in [0.1, 0.15) is 62.1 Å². The van der Waals surface area contributed by atoms with Gasteiger partial charge in [-0.2, -0.15) is 0 Å². The van der Waals surface area contributed by atoms with Gasteiger partial charge in [-0.15, -0.1) is 12.4 Å². The van der Waals surface area contributed by atoms with Crippen molar-refractivity contribution >= 4 is 69.8 Å². The summed E-state index contributed by atoms with van der Waals surface area (Å²) >= 11 is 0. The van der Waals surface area contributed by atoms with E-state index in [0.717, 1.165) is 12.1 Å². The Labute approximate surface area is 217 Å². The number of carboxylic acids is 4. The van der Waals surface area contributed by atoms with E-state index in [-0.39, 0.29) is 45.1 Å². The van der Waals surface area contributed by atoms with Gasteiger partial charge < -0.3 is 25.2 Å². The summed E-state index contributed by atoms with van der Waals surface area (Å²) in [6.07, 6.45) is 0. The van der Waals surface area contributed by atoms with Crippen LogP contribution in [0, 0.1) is 0 Å². The minimum atomic E-state index is -1.57. The summed E-state index contributed by atoms with van der Waals surface area (Å²) in [5, 5.41) is 37.9. The summed E-state index contributed by atoms with van der Waals surface area (Å²) in [5.41, 5.74) is -2.89. The SMILES string of the molecule is Cl.O=C(O)c1ccc2c(C(=O)O)cccc2c1C(=O)OC(=O)c1c(C(=O)O)ccc2c(C(=O)O)cccc12. The number of fused-ring (bicyclic) bond motifs is 2. The number of benzene rings is 4. The number of carbonyl (C=O) groups is 6. The van der Waals surface area contributed by atoms with Gasteiger partial charge in [-0.1, -0.05) is 36.4 Å². The average molecular weight is 539 g/mol. The van der Waals surface area contributed by atoms with Crippen molar-refractivity contribution in [1.29, 1.82) is 0 Å². The van der Waals surface area contributed by atoms with Crippen LogP contribution in [0.4, 0.5) is 0 Å². The van der Waals surface area contributed by atoms with Crippen LogP contribution in [0.3, 0.4) is 0 Å². The third-order valence-corrected chi connectivity index (χ3v) is 5.64. The molecule has 12 heteroatoms. The highest BCUT2D eigenvalue weighted by atomic mass is 35.5. The zero-order valence-corrected chi connectivity index (χ0v) is 19.6. The molecule has 11 nitrogen and oxygen atoms in total. The predicted octanol–water partition coefficient (Wildman–Crippen LogP) is 4.20. The highest BCUT2D eigenvalue weighted by molar-refractivity contribution is 6.21. The quantitative estimate of drug-likeness (QED) is 0.203. The van der Waals surface area contributed by atoms with E-state index >= 15 is 0 Å². The molecule has 4 aromatic carbocycles. The molecule has 0 saturated heterocycles. The van der Waals surface area contributed by atoms with Crippen LogP contribution < -0.4 is 0 Å². The smallest absolute Gasteiger partial charge is 0.347 e. The van der Waals surface area contributed by atoms with E-state index in [1.54, 1.807) is 0 Å². The van der Waals surface area contributed by atoms with Crippen LogP contribution in [0.15, 0.2) is 60.7 Å². The summed E-state index contributed by atoms with van der Waals surface area (Å²) < 4.78 is 4.92. The van der Waals surface area contributed by atoms with Gasteiger partial charge in [0.15, 0.2) is 0 Å². The Hall–Kier alpha value is -5.29. The Kier molecular flexibility index (Phi) is 7.45. The first kappa shape index (κ1) is 27.3. The molecule has 38 heavy (non-hydrogen) atoms. The van der Waals surface area contributed by atoms with Crippen molar-refractivity contribution < 1.29 is 53.9 Å². The summed E-state index contributed by atoms with van der Waals surface area (Å²) in [6.45, 7) is 0. The maximum absolute atomic E-state index is 13.1. The molecule has 4 rings (SSSR count). The van der Waals surface area contributed by atoms with Crippen LogP contribution in [-0.4, -0.2) is 56.2 Å². The van der Waals surface area contributed by atoms with E-state index in [9.17, 15) is 49.2 Å². The topological polar surface area (TPSA) is 193 Å². The molecular formula is C26H15ClO11. The number of aromatic carboxylic acids is 4. The van der Waals surface area contributed by atoms with Crippen LogP contribution in [0.5, 0.6) is 0 Å². The van der Waals surface area contributed by atoms with Crippen molar-refractivity contribution in [3.63, 3.8) is 0 Å². The molecule has 4 aromatic rings. The Morgan fingerprint density at radius 3 is 1.11 bits per heavy atom. The lowest BCUT2D eigenvalue weighted by Crippen LogP contribution is -2.19. The second kappa shape index (κ2) is 10.4. The van der Waals surface area contributed by atoms with Gasteiger partial charge in [-0.3, -0.25) is 0 Å². The number of esters is 2. The molecule has 0 spiro atoms. The van der Waals surface area contributed by atoms with Crippen LogP contribution in [0.2, 0.25) is 0 Å². The van der Waals surface area contributed by atoms with Crippen molar-refractivity contribution in [3.05, 3.63) is 94.0 Å². The second-order valence-electron chi connectivity index (χ2n) is 7.68. The monoisotopic (exact) mass is 538 g/mol. The Balaban J connectivity index is 0.00000400. The fourth-order valence-electron chi connectivity index (χ4n) is 4.07. The molecule has 0 aliphatic carbocycles. The third kappa shape index (κ3) is 4.61. The lowest BCUT2D eigenvalue weighted by molar-refractivity contribution is 0.0388. The van der Waals surface area contributed by atoms with Crippen LogP contribution in [0.25, 0.3) is 21.5 Å². The average Bonchev–Trinajstić information content (AvgIpc) is 2.85. The number of carboxylic acid groups (broad SMARTS) is 4. The number of hydrogen-bond donors (Lipinski definition) is 4. The molecule has 0 fully saturated rings. The fourth-order valence-corrected chi connectivity index (χ4v) is 4.07. The summed E-state index contributed by atoms with van der Waals surface area (Å²) in [4.78, 5) is 73.1. The first-order chi connectivity index (χ1) is 17.5.